The van der Waals surface area contributed by atoms with Gasteiger partial charge in [-0.1, -0.05) is 11.6 Å². The molecule has 7 heteroatoms. The molecule has 0 saturated heterocycles. The van der Waals surface area contributed by atoms with Crippen LogP contribution in [0.2, 0.25) is 5.02 Å². The lowest BCUT2D eigenvalue weighted by Crippen LogP contribution is -2.10. The molecule has 0 aliphatic heterocycles. The molecule has 0 saturated carbocycles. The second-order valence-electron chi connectivity index (χ2n) is 4.28. The van der Waals surface area contributed by atoms with Crippen LogP contribution in [0.15, 0.2) is 30.5 Å². The lowest BCUT2D eigenvalue weighted by molar-refractivity contribution is -0.136. The van der Waals surface area contributed by atoms with E-state index < -0.39 is 11.7 Å². The average Bonchev–Trinajstić information content (AvgIpc) is 2.40. The molecular weight excluding hydrogens is 303 g/mol. The van der Waals surface area contributed by atoms with Crippen LogP contribution in [-0.4, -0.2) is 4.98 Å². The van der Waals surface area contributed by atoms with Crippen molar-refractivity contribution >= 4 is 23.1 Å². The topological polar surface area (TPSA) is 48.7 Å². The minimum Gasteiger partial charge on any atom is -0.339 e. The van der Waals surface area contributed by atoms with Gasteiger partial charge in [-0.2, -0.15) is 18.4 Å². The Kier molecular flexibility index (Phi) is 4.05. The molecule has 0 aliphatic carbocycles. The first-order valence-electron chi connectivity index (χ1n) is 5.82. The highest BCUT2D eigenvalue weighted by atomic mass is 35.5. The van der Waals surface area contributed by atoms with Gasteiger partial charge in [-0.15, -0.1) is 0 Å². The maximum atomic E-state index is 13.0. The van der Waals surface area contributed by atoms with Crippen molar-refractivity contribution in [3.05, 3.63) is 52.2 Å². The molecule has 2 aromatic rings. The molecule has 1 aromatic heterocycles. The summed E-state index contributed by atoms with van der Waals surface area (Å²) in [6, 6.07) is 6.89. The van der Waals surface area contributed by atoms with Crippen molar-refractivity contribution in [1.29, 1.82) is 5.26 Å². The Morgan fingerprint density at radius 1 is 1.29 bits per heavy atom. The monoisotopic (exact) mass is 311 g/mol. The van der Waals surface area contributed by atoms with Crippen LogP contribution in [0.5, 0.6) is 0 Å². The molecule has 0 amide bonds. The molecule has 21 heavy (non-hydrogen) atoms. The van der Waals surface area contributed by atoms with Gasteiger partial charge in [0.25, 0.3) is 0 Å². The van der Waals surface area contributed by atoms with Crippen molar-refractivity contribution in [2.24, 2.45) is 0 Å². The number of alkyl halides is 3. The second kappa shape index (κ2) is 5.62. The Morgan fingerprint density at radius 3 is 2.62 bits per heavy atom. The van der Waals surface area contributed by atoms with Gasteiger partial charge >= 0.3 is 6.18 Å². The van der Waals surface area contributed by atoms with E-state index >= 15 is 0 Å². The Hall–Kier alpha value is -2.26. The normalized spacial score (nSPS) is 11.0. The van der Waals surface area contributed by atoms with E-state index in [0.717, 1.165) is 6.07 Å². The van der Waals surface area contributed by atoms with Gasteiger partial charge < -0.3 is 5.32 Å². The van der Waals surface area contributed by atoms with E-state index in [1.165, 1.54) is 18.3 Å². The van der Waals surface area contributed by atoms with E-state index in [9.17, 15) is 13.2 Å². The molecule has 0 radical (unpaired) electrons. The van der Waals surface area contributed by atoms with Crippen molar-refractivity contribution in [2.45, 2.75) is 13.1 Å². The van der Waals surface area contributed by atoms with Gasteiger partial charge in [-0.05, 0) is 36.8 Å². The molecule has 2 rings (SSSR count). The van der Waals surface area contributed by atoms with Gasteiger partial charge in [0.2, 0.25) is 0 Å². The van der Waals surface area contributed by atoms with Crippen LogP contribution in [0.4, 0.5) is 24.7 Å². The lowest BCUT2D eigenvalue weighted by Gasteiger charge is -2.15. The number of anilines is 2. The van der Waals surface area contributed by atoms with Crippen LogP contribution in [0.3, 0.4) is 0 Å². The van der Waals surface area contributed by atoms with Crippen LogP contribution < -0.4 is 5.32 Å². The molecule has 0 atom stereocenters. The zero-order valence-corrected chi connectivity index (χ0v) is 11.5. The summed E-state index contributed by atoms with van der Waals surface area (Å²) in [5.74, 6) is 0.0744. The standard InChI is InChI=1S/C14H9ClF3N3/c1-8-4-5-20-13(10(8)7-19)21-12-3-2-9(15)6-11(12)14(16,17)18/h2-6H,1H3,(H,20,21). The number of nitrogens with zero attached hydrogens (tertiary/aromatic N) is 2. The number of nitriles is 1. The number of hydrogen-bond donors (Lipinski definition) is 1. The highest BCUT2D eigenvalue weighted by molar-refractivity contribution is 6.30. The number of benzene rings is 1. The summed E-state index contributed by atoms with van der Waals surface area (Å²) in [5.41, 5.74) is -0.304. The van der Waals surface area contributed by atoms with Gasteiger partial charge in [0, 0.05) is 11.2 Å². The average molecular weight is 312 g/mol. The van der Waals surface area contributed by atoms with Gasteiger partial charge in [-0.25, -0.2) is 4.98 Å². The molecule has 0 aliphatic rings. The zero-order valence-electron chi connectivity index (χ0n) is 10.8. The molecule has 1 N–H and O–H groups in total. The number of hydrogen-bond acceptors (Lipinski definition) is 3. The van der Waals surface area contributed by atoms with Crippen LogP contribution in [0, 0.1) is 18.3 Å². The van der Waals surface area contributed by atoms with Gasteiger partial charge in [0.05, 0.1) is 16.8 Å². The number of aryl methyl sites for hydroxylation is 1. The molecule has 0 unspecified atom stereocenters. The first-order valence-corrected chi connectivity index (χ1v) is 6.20. The summed E-state index contributed by atoms with van der Waals surface area (Å²) in [5, 5.41) is 11.6. The largest absolute Gasteiger partial charge is 0.418 e. The van der Waals surface area contributed by atoms with E-state index in [-0.39, 0.29) is 22.1 Å². The van der Waals surface area contributed by atoms with E-state index in [4.69, 9.17) is 16.9 Å². The van der Waals surface area contributed by atoms with Gasteiger partial charge in [-0.3, -0.25) is 0 Å². The molecule has 3 nitrogen and oxygen atoms in total. The summed E-state index contributed by atoms with van der Waals surface area (Å²) in [6.07, 6.45) is -3.15. The number of pyridine rings is 1. The van der Waals surface area contributed by atoms with E-state index in [2.05, 4.69) is 10.3 Å². The quantitative estimate of drug-likeness (QED) is 0.876. The van der Waals surface area contributed by atoms with Crippen LogP contribution in [0.1, 0.15) is 16.7 Å². The second-order valence-corrected chi connectivity index (χ2v) is 4.71. The van der Waals surface area contributed by atoms with Crippen molar-refractivity contribution < 1.29 is 13.2 Å². The first-order chi connectivity index (χ1) is 9.82. The summed E-state index contributed by atoms with van der Waals surface area (Å²) in [7, 11) is 0. The number of halogens is 4. The maximum absolute atomic E-state index is 13.0. The molecule has 0 bridgehead atoms. The third-order valence-electron chi connectivity index (χ3n) is 2.81. The van der Waals surface area contributed by atoms with Crippen molar-refractivity contribution in [2.75, 3.05) is 5.32 Å². The minimum atomic E-state index is -4.57. The Labute approximate surface area is 124 Å². The number of nitrogens with one attached hydrogen (secondary N) is 1. The smallest absolute Gasteiger partial charge is 0.339 e. The molecule has 1 aromatic carbocycles. The Morgan fingerprint density at radius 2 is 2.00 bits per heavy atom. The Balaban J connectivity index is 2.51. The SMILES string of the molecule is Cc1ccnc(Nc2ccc(Cl)cc2C(F)(F)F)c1C#N. The minimum absolute atomic E-state index is 0.0226. The molecule has 0 spiro atoms. The predicted octanol–water partition coefficient (Wildman–Crippen LogP) is 4.68. The van der Waals surface area contributed by atoms with Gasteiger partial charge in [0.1, 0.15) is 11.9 Å². The van der Waals surface area contributed by atoms with E-state index in [0.29, 0.717) is 5.56 Å². The molecule has 0 fully saturated rings. The zero-order chi connectivity index (χ0) is 15.6. The third-order valence-corrected chi connectivity index (χ3v) is 3.05. The van der Waals surface area contributed by atoms with E-state index in [1.807, 2.05) is 6.07 Å². The lowest BCUT2D eigenvalue weighted by atomic mass is 10.1. The fraction of sp³-hybridized carbons (Fsp3) is 0.143. The molecule has 108 valence electrons. The van der Waals surface area contributed by atoms with Crippen LogP contribution >= 0.6 is 11.6 Å². The summed E-state index contributed by atoms with van der Waals surface area (Å²) < 4.78 is 39.0. The van der Waals surface area contributed by atoms with Gasteiger partial charge in [0.15, 0.2) is 0 Å². The molecular formula is C14H9ClF3N3. The van der Waals surface area contributed by atoms with Crippen molar-refractivity contribution in [1.82, 2.24) is 4.98 Å². The number of rotatable bonds is 2. The van der Waals surface area contributed by atoms with Crippen molar-refractivity contribution in [3.8, 4) is 6.07 Å². The molecule has 1 heterocycles. The maximum Gasteiger partial charge on any atom is 0.418 e. The summed E-state index contributed by atoms with van der Waals surface area (Å²) >= 11 is 5.61. The first kappa shape index (κ1) is 15.1. The van der Waals surface area contributed by atoms with E-state index in [1.54, 1.807) is 13.0 Å². The predicted molar refractivity (Wildman–Crippen MR) is 73.4 cm³/mol. The highest BCUT2D eigenvalue weighted by Crippen LogP contribution is 2.37. The van der Waals surface area contributed by atoms with Crippen molar-refractivity contribution in [3.63, 3.8) is 0 Å². The fourth-order valence-electron chi connectivity index (χ4n) is 1.78. The van der Waals surface area contributed by atoms with Crippen LogP contribution in [-0.2, 0) is 6.18 Å². The van der Waals surface area contributed by atoms with Crippen LogP contribution in [0.25, 0.3) is 0 Å². The Bertz CT molecular complexity index is 720. The third kappa shape index (κ3) is 3.26. The number of aromatic nitrogens is 1. The highest BCUT2D eigenvalue weighted by Gasteiger charge is 2.34. The fourth-order valence-corrected chi connectivity index (χ4v) is 1.95. The summed E-state index contributed by atoms with van der Waals surface area (Å²) in [6.45, 7) is 1.68. The summed E-state index contributed by atoms with van der Waals surface area (Å²) in [4.78, 5) is 3.92.